The number of carbonyl (C=O) groups is 2. The summed E-state index contributed by atoms with van der Waals surface area (Å²) in [5.74, 6) is -0.714. The lowest BCUT2D eigenvalue weighted by molar-refractivity contribution is 0.0592. The summed E-state index contributed by atoms with van der Waals surface area (Å²) in [6, 6.07) is 14.3. The van der Waals surface area contributed by atoms with E-state index in [0.717, 1.165) is 17.7 Å². The van der Waals surface area contributed by atoms with Crippen molar-refractivity contribution in [2.45, 2.75) is 57.1 Å². The largest absolute Gasteiger partial charge is 0.597 e. The van der Waals surface area contributed by atoms with Crippen LogP contribution in [0.5, 0.6) is 0 Å². The van der Waals surface area contributed by atoms with E-state index >= 15 is 0 Å². The number of nitrogens with zero attached hydrogens (tertiary/aromatic N) is 2. The Morgan fingerprint density at radius 1 is 0.865 bits per heavy atom. The van der Waals surface area contributed by atoms with Crippen molar-refractivity contribution in [2.75, 3.05) is 20.8 Å². The first-order chi connectivity index (χ1) is 17.2. The van der Waals surface area contributed by atoms with Crippen LogP contribution in [0.3, 0.4) is 0 Å². The van der Waals surface area contributed by atoms with Gasteiger partial charge in [0, 0.05) is 11.4 Å². The number of hydrogen-bond donors (Lipinski definition) is 0. The Balaban J connectivity index is 0.000000261. The minimum atomic E-state index is -1.28. The summed E-state index contributed by atoms with van der Waals surface area (Å²) in [6.45, 7) is 12.3. The minimum Gasteiger partial charge on any atom is -0.597 e. The van der Waals surface area contributed by atoms with E-state index < -0.39 is 22.7 Å². The maximum absolute atomic E-state index is 12.2. The van der Waals surface area contributed by atoms with E-state index in [2.05, 4.69) is 13.9 Å². The van der Waals surface area contributed by atoms with Gasteiger partial charge in [0.2, 0.25) is 0 Å². The quantitative estimate of drug-likeness (QED) is 0.223. The second-order valence-corrected chi connectivity index (χ2v) is 14.4. The van der Waals surface area contributed by atoms with E-state index in [1.165, 1.54) is 14.2 Å². The number of ether oxygens (including phenoxy) is 2. The minimum absolute atomic E-state index is 0.201. The molecule has 8 nitrogen and oxygen atoms in total. The highest BCUT2D eigenvalue weighted by atomic mass is 32.2. The smallest absolute Gasteiger partial charge is 0.337 e. The zero-order chi connectivity index (χ0) is 28.0. The van der Waals surface area contributed by atoms with Gasteiger partial charge in [-0.05, 0) is 76.9 Å². The fourth-order valence-electron chi connectivity index (χ4n) is 2.98. The number of methoxy groups -OCH3 is 2. The predicted molar refractivity (Wildman–Crippen MR) is 148 cm³/mol. The predicted octanol–water partition coefficient (Wildman–Crippen LogP) is 4.65. The van der Waals surface area contributed by atoms with Crippen LogP contribution in [0.25, 0.3) is 0 Å². The van der Waals surface area contributed by atoms with Crippen molar-refractivity contribution >= 4 is 40.9 Å². The first-order valence-corrected chi connectivity index (χ1v) is 13.9. The summed E-state index contributed by atoms with van der Waals surface area (Å²) in [6.07, 6.45) is 1.54. The summed E-state index contributed by atoms with van der Waals surface area (Å²) < 4.78 is 38.5. The van der Waals surface area contributed by atoms with Gasteiger partial charge in [-0.1, -0.05) is 28.7 Å². The SMILES string of the molecule is COC(=O)c1ccc(C=N[S+]([O-])C(C)(C)C)cc1.COC(=O)c1ccc([C@H]2CN2[S+]([O-])C(C)(C)C)cc1. The van der Waals surface area contributed by atoms with Crippen LogP contribution < -0.4 is 0 Å². The van der Waals surface area contributed by atoms with E-state index in [9.17, 15) is 18.7 Å². The zero-order valence-corrected chi connectivity index (χ0v) is 24.3. The first kappa shape index (κ1) is 30.9. The molecule has 10 heteroatoms. The Labute approximate surface area is 226 Å². The Hall–Kier alpha value is -2.37. The summed E-state index contributed by atoms with van der Waals surface area (Å²) in [7, 11) is 2.70. The average Bonchev–Trinajstić information content (AvgIpc) is 3.66. The van der Waals surface area contributed by atoms with Crippen molar-refractivity contribution < 1.29 is 28.2 Å². The number of rotatable bonds is 6. The molecule has 0 aromatic heterocycles. The fraction of sp³-hybridized carbons (Fsp3) is 0.444. The molecule has 0 saturated carbocycles. The molecular weight excluding hydrogens is 512 g/mol. The van der Waals surface area contributed by atoms with Gasteiger partial charge >= 0.3 is 11.9 Å². The van der Waals surface area contributed by atoms with Crippen LogP contribution in [0.2, 0.25) is 0 Å². The molecule has 1 aliphatic rings. The summed E-state index contributed by atoms with van der Waals surface area (Å²) >= 11 is -2.26. The Morgan fingerprint density at radius 2 is 1.32 bits per heavy atom. The third-order valence-electron chi connectivity index (χ3n) is 5.17. The molecule has 1 fully saturated rings. The number of benzene rings is 2. The molecule has 0 amide bonds. The average molecular weight is 549 g/mol. The van der Waals surface area contributed by atoms with Gasteiger partial charge in [-0.25, -0.2) is 9.59 Å². The van der Waals surface area contributed by atoms with Crippen LogP contribution in [0.4, 0.5) is 0 Å². The van der Waals surface area contributed by atoms with Gasteiger partial charge in [-0.15, -0.1) is 4.31 Å². The van der Waals surface area contributed by atoms with Crippen molar-refractivity contribution in [3.63, 3.8) is 0 Å². The van der Waals surface area contributed by atoms with Gasteiger partial charge in [-0.3, -0.25) is 0 Å². The second kappa shape index (κ2) is 12.9. The lowest BCUT2D eigenvalue weighted by atomic mass is 10.1. The maximum Gasteiger partial charge on any atom is 0.337 e. The summed E-state index contributed by atoms with van der Waals surface area (Å²) in [5.41, 5.74) is 2.90. The maximum atomic E-state index is 12.2. The third-order valence-corrected chi connectivity index (χ3v) is 8.40. The topological polar surface area (TPSA) is 114 Å². The monoisotopic (exact) mass is 548 g/mol. The van der Waals surface area contributed by atoms with Gasteiger partial charge in [-0.2, -0.15) is 0 Å². The van der Waals surface area contributed by atoms with Gasteiger partial charge in [0.1, 0.15) is 20.9 Å². The van der Waals surface area contributed by atoms with Crippen molar-refractivity contribution in [3.05, 3.63) is 70.8 Å². The van der Waals surface area contributed by atoms with Crippen molar-refractivity contribution in [1.82, 2.24) is 4.31 Å². The van der Waals surface area contributed by atoms with Crippen molar-refractivity contribution in [1.29, 1.82) is 0 Å². The van der Waals surface area contributed by atoms with Gasteiger partial charge < -0.3 is 18.6 Å². The fourth-order valence-corrected chi connectivity index (χ4v) is 4.85. The molecule has 4 atom stereocenters. The molecule has 3 unspecified atom stereocenters. The van der Waals surface area contributed by atoms with Gasteiger partial charge in [0.05, 0.1) is 44.1 Å². The number of esters is 2. The molecule has 2 aromatic carbocycles. The summed E-state index contributed by atoms with van der Waals surface area (Å²) in [4.78, 5) is 22.6. The molecule has 1 aliphatic heterocycles. The highest BCUT2D eigenvalue weighted by Crippen LogP contribution is 2.41. The zero-order valence-electron chi connectivity index (χ0n) is 22.6. The van der Waals surface area contributed by atoms with Crippen LogP contribution >= 0.6 is 0 Å². The van der Waals surface area contributed by atoms with Crippen LogP contribution in [0.15, 0.2) is 52.9 Å². The molecule has 0 bridgehead atoms. The molecule has 0 aliphatic carbocycles. The van der Waals surface area contributed by atoms with E-state index in [1.807, 2.05) is 58.0 Å². The van der Waals surface area contributed by atoms with E-state index in [0.29, 0.717) is 11.1 Å². The van der Waals surface area contributed by atoms with E-state index in [1.54, 1.807) is 42.6 Å². The van der Waals surface area contributed by atoms with E-state index in [4.69, 9.17) is 0 Å². The highest BCUT2D eigenvalue weighted by molar-refractivity contribution is 7.91. The van der Waals surface area contributed by atoms with E-state index in [-0.39, 0.29) is 27.5 Å². The van der Waals surface area contributed by atoms with Gasteiger partial charge in [0.25, 0.3) is 0 Å². The molecule has 0 spiro atoms. The molecule has 2 aromatic rings. The van der Waals surface area contributed by atoms with Crippen LogP contribution in [-0.4, -0.2) is 61.8 Å². The lowest BCUT2D eigenvalue weighted by Crippen LogP contribution is -2.33. The molecule has 0 radical (unpaired) electrons. The van der Waals surface area contributed by atoms with Crippen LogP contribution in [0, 0.1) is 0 Å². The standard InChI is InChI=1S/C14H19NO3S.C13H17NO3S/c1-14(2,3)19(17)15-9-12(15)10-5-7-11(8-6-10)13(16)18-4;1-13(2,3)18(16)14-9-10-5-7-11(8-6-10)12(15)17-4/h5-8,12H,9H2,1-4H3;5-9H,1-4H3/t12-,15?,19?;/m1./s1. The summed E-state index contributed by atoms with van der Waals surface area (Å²) in [5, 5.41) is 0. The Bertz CT molecular complexity index is 1080. The third kappa shape index (κ3) is 9.15. The van der Waals surface area contributed by atoms with Crippen LogP contribution in [0.1, 0.15) is 79.4 Å². The molecule has 1 saturated heterocycles. The van der Waals surface area contributed by atoms with Crippen LogP contribution in [-0.2, 0) is 32.2 Å². The lowest BCUT2D eigenvalue weighted by Gasteiger charge is -2.24. The second-order valence-electron chi connectivity index (χ2n) is 10.3. The molecule has 3 rings (SSSR count). The molecule has 202 valence electrons. The Morgan fingerprint density at radius 3 is 1.73 bits per heavy atom. The number of hydrogen-bond acceptors (Lipinski definition) is 8. The van der Waals surface area contributed by atoms with Crippen molar-refractivity contribution in [2.24, 2.45) is 4.40 Å². The van der Waals surface area contributed by atoms with Gasteiger partial charge in [0.15, 0.2) is 0 Å². The first-order valence-electron chi connectivity index (χ1n) is 11.7. The molecule has 37 heavy (non-hydrogen) atoms. The molecule has 0 N–H and O–H groups in total. The number of carbonyl (C=O) groups excluding carboxylic acids is 2. The normalized spacial score (nSPS) is 18.9. The Kier molecular flexibility index (Phi) is 10.8. The van der Waals surface area contributed by atoms with Crippen molar-refractivity contribution in [3.8, 4) is 0 Å². The molecular formula is C27H36N2O6S2. The molecule has 1 heterocycles. The highest BCUT2D eigenvalue weighted by Gasteiger charge is 2.49.